The highest BCUT2D eigenvalue weighted by Crippen LogP contribution is 2.13. The van der Waals surface area contributed by atoms with Gasteiger partial charge in [-0.15, -0.1) is 0 Å². The molecule has 2 atom stereocenters. The summed E-state index contributed by atoms with van der Waals surface area (Å²) in [5.41, 5.74) is 0. The maximum absolute atomic E-state index is 10.7. The third-order valence-electron chi connectivity index (χ3n) is 1.44. The largest absolute Gasteiger partial charge is 0.467 e. The minimum absolute atomic E-state index is 0.236. The van der Waals surface area contributed by atoms with Crippen molar-refractivity contribution in [3.63, 3.8) is 0 Å². The van der Waals surface area contributed by atoms with E-state index < -0.39 is 18.2 Å². The minimum atomic E-state index is -0.556. The average Bonchev–Trinajstić information content (AvgIpc) is 2.34. The van der Waals surface area contributed by atoms with Crippen LogP contribution in [0.25, 0.3) is 0 Å². The molecule has 1 heterocycles. The molecule has 1 fully saturated rings. The molecule has 1 aliphatic rings. The van der Waals surface area contributed by atoms with Crippen molar-refractivity contribution < 1.29 is 19.4 Å². The Kier molecular flexibility index (Phi) is 2.24. The van der Waals surface area contributed by atoms with E-state index in [0.717, 1.165) is 0 Å². The minimum Gasteiger partial charge on any atom is -0.467 e. The smallest absolute Gasteiger partial charge is 0.335 e. The number of ether oxygens (including phenoxy) is 2. The van der Waals surface area contributed by atoms with Crippen LogP contribution in [0.5, 0.6) is 0 Å². The number of methoxy groups -OCH3 is 1. The Morgan fingerprint density at radius 3 is 2.90 bits per heavy atom. The number of rotatable bonds is 1. The Balaban J connectivity index is 2.37. The van der Waals surface area contributed by atoms with Crippen LogP contribution in [0, 0.1) is 0 Å². The first kappa shape index (κ1) is 7.50. The molecule has 1 saturated heterocycles. The number of aliphatic hydroxyl groups excluding tert-OH is 1. The quantitative estimate of drug-likeness (QED) is 0.497. The van der Waals surface area contributed by atoms with E-state index in [9.17, 15) is 4.79 Å². The van der Waals surface area contributed by atoms with Crippen LogP contribution in [0.1, 0.15) is 6.42 Å². The van der Waals surface area contributed by atoms with Gasteiger partial charge in [-0.05, 0) is 0 Å². The normalized spacial score (nSPS) is 32.2. The van der Waals surface area contributed by atoms with Gasteiger partial charge in [0.25, 0.3) is 0 Å². The highest BCUT2D eigenvalue weighted by Gasteiger charge is 2.30. The first-order chi connectivity index (χ1) is 4.74. The van der Waals surface area contributed by atoms with Crippen LogP contribution in [0.3, 0.4) is 0 Å². The van der Waals surface area contributed by atoms with Crippen molar-refractivity contribution in [3.05, 3.63) is 0 Å². The summed E-state index contributed by atoms with van der Waals surface area (Å²) < 4.78 is 9.30. The number of hydrogen-bond donors (Lipinski definition) is 1. The molecule has 0 aliphatic carbocycles. The Morgan fingerprint density at radius 1 is 1.80 bits per heavy atom. The molecule has 0 saturated carbocycles. The van der Waals surface area contributed by atoms with Crippen molar-refractivity contribution >= 4 is 5.97 Å². The lowest BCUT2D eigenvalue weighted by Gasteiger charge is -2.04. The van der Waals surface area contributed by atoms with Crippen molar-refractivity contribution in [3.8, 4) is 0 Å². The van der Waals surface area contributed by atoms with E-state index in [1.165, 1.54) is 7.11 Å². The summed E-state index contributed by atoms with van der Waals surface area (Å²) in [6, 6.07) is 0. The van der Waals surface area contributed by atoms with E-state index in [1.807, 2.05) is 0 Å². The Hall–Kier alpha value is -0.610. The molecule has 58 valence electrons. The Bertz CT molecular complexity index is 134. The van der Waals surface area contributed by atoms with Crippen LogP contribution in [0.4, 0.5) is 0 Å². The van der Waals surface area contributed by atoms with Crippen molar-refractivity contribution in [2.75, 3.05) is 13.7 Å². The molecule has 10 heavy (non-hydrogen) atoms. The summed E-state index contributed by atoms with van der Waals surface area (Å²) in [4.78, 5) is 10.7. The standard InChI is InChI=1S/C6H10O4/c1-9-6(8)5-2-4(7)3-10-5/h4-5,7H,2-3H2,1H3/t4-,5-/m0/s1. The topological polar surface area (TPSA) is 55.8 Å². The van der Waals surface area contributed by atoms with Crippen LogP contribution in [0.15, 0.2) is 0 Å². The number of carbonyl (C=O) groups is 1. The first-order valence-corrected chi connectivity index (χ1v) is 3.11. The predicted octanol–water partition coefficient (Wildman–Crippen LogP) is -0.691. The molecule has 1 aliphatic heterocycles. The summed E-state index contributed by atoms with van der Waals surface area (Å²) in [7, 11) is 1.30. The lowest BCUT2D eigenvalue weighted by molar-refractivity contribution is -0.151. The van der Waals surface area contributed by atoms with E-state index in [1.54, 1.807) is 0 Å². The molecule has 1 N–H and O–H groups in total. The van der Waals surface area contributed by atoms with Crippen LogP contribution >= 0.6 is 0 Å². The third-order valence-corrected chi connectivity index (χ3v) is 1.44. The van der Waals surface area contributed by atoms with Gasteiger partial charge < -0.3 is 14.6 Å². The van der Waals surface area contributed by atoms with Gasteiger partial charge in [-0.3, -0.25) is 0 Å². The Morgan fingerprint density at radius 2 is 2.50 bits per heavy atom. The van der Waals surface area contributed by atoms with Crippen molar-refractivity contribution in [2.45, 2.75) is 18.6 Å². The molecule has 0 amide bonds. The molecular weight excluding hydrogens is 136 g/mol. The van der Waals surface area contributed by atoms with Gasteiger partial charge in [0.2, 0.25) is 0 Å². The van der Waals surface area contributed by atoms with Crippen LogP contribution in [0.2, 0.25) is 0 Å². The average molecular weight is 146 g/mol. The van der Waals surface area contributed by atoms with Gasteiger partial charge in [0.05, 0.1) is 19.8 Å². The molecule has 0 spiro atoms. The molecule has 4 heteroatoms. The van der Waals surface area contributed by atoms with Gasteiger partial charge in [-0.1, -0.05) is 0 Å². The van der Waals surface area contributed by atoms with Gasteiger partial charge >= 0.3 is 5.97 Å². The van der Waals surface area contributed by atoms with E-state index in [-0.39, 0.29) is 6.61 Å². The molecule has 0 aromatic heterocycles. The zero-order valence-corrected chi connectivity index (χ0v) is 5.74. The van der Waals surface area contributed by atoms with Gasteiger partial charge in [0.1, 0.15) is 0 Å². The first-order valence-electron chi connectivity index (χ1n) is 3.11. The van der Waals surface area contributed by atoms with E-state index >= 15 is 0 Å². The van der Waals surface area contributed by atoms with Crippen LogP contribution in [-0.2, 0) is 14.3 Å². The van der Waals surface area contributed by atoms with Crippen molar-refractivity contribution in [2.24, 2.45) is 0 Å². The third kappa shape index (κ3) is 1.46. The van der Waals surface area contributed by atoms with E-state index in [0.29, 0.717) is 6.42 Å². The van der Waals surface area contributed by atoms with Crippen molar-refractivity contribution in [1.82, 2.24) is 0 Å². The fourth-order valence-electron chi connectivity index (χ4n) is 0.906. The second-order valence-electron chi connectivity index (χ2n) is 2.23. The molecule has 0 aromatic rings. The number of carbonyl (C=O) groups excluding carboxylic acids is 1. The fraction of sp³-hybridized carbons (Fsp3) is 0.833. The monoisotopic (exact) mass is 146 g/mol. The number of hydrogen-bond acceptors (Lipinski definition) is 4. The second-order valence-corrected chi connectivity index (χ2v) is 2.23. The predicted molar refractivity (Wildman–Crippen MR) is 32.4 cm³/mol. The lowest BCUT2D eigenvalue weighted by Crippen LogP contribution is -2.21. The zero-order chi connectivity index (χ0) is 7.56. The molecule has 0 aromatic carbocycles. The van der Waals surface area contributed by atoms with Gasteiger partial charge in [-0.2, -0.15) is 0 Å². The van der Waals surface area contributed by atoms with Gasteiger partial charge in [0, 0.05) is 6.42 Å². The summed E-state index contributed by atoms with van der Waals surface area (Å²) in [6.07, 6.45) is -0.712. The van der Waals surface area contributed by atoms with Gasteiger partial charge in [0.15, 0.2) is 6.10 Å². The summed E-state index contributed by atoms with van der Waals surface area (Å²) >= 11 is 0. The van der Waals surface area contributed by atoms with Gasteiger partial charge in [-0.25, -0.2) is 4.79 Å². The summed E-state index contributed by atoms with van der Waals surface area (Å²) in [5.74, 6) is -0.406. The fourth-order valence-corrected chi connectivity index (χ4v) is 0.906. The van der Waals surface area contributed by atoms with Crippen LogP contribution < -0.4 is 0 Å². The Labute approximate surface area is 58.7 Å². The zero-order valence-electron chi connectivity index (χ0n) is 5.74. The lowest BCUT2D eigenvalue weighted by atomic mass is 10.2. The maximum atomic E-state index is 10.7. The SMILES string of the molecule is COC(=O)[C@@H]1C[C@H](O)CO1. The highest BCUT2D eigenvalue weighted by molar-refractivity contribution is 5.74. The maximum Gasteiger partial charge on any atom is 0.335 e. The highest BCUT2D eigenvalue weighted by atomic mass is 16.6. The van der Waals surface area contributed by atoms with Crippen molar-refractivity contribution in [1.29, 1.82) is 0 Å². The molecule has 1 rings (SSSR count). The van der Waals surface area contributed by atoms with E-state index in [4.69, 9.17) is 9.84 Å². The molecule has 4 nitrogen and oxygen atoms in total. The van der Waals surface area contributed by atoms with E-state index in [2.05, 4.69) is 4.74 Å². The molecular formula is C6H10O4. The summed E-state index contributed by atoms with van der Waals surface area (Å²) in [6.45, 7) is 0.236. The molecule has 0 radical (unpaired) electrons. The number of aliphatic hydroxyl groups is 1. The second kappa shape index (κ2) is 2.98. The summed E-state index contributed by atoms with van der Waals surface area (Å²) in [5, 5.41) is 8.91. The number of esters is 1. The molecule has 0 unspecified atom stereocenters. The van der Waals surface area contributed by atoms with Crippen LogP contribution in [-0.4, -0.2) is 37.0 Å². The molecule has 0 bridgehead atoms.